The topological polar surface area (TPSA) is 30.7 Å². The molecule has 100 valence electrons. The van der Waals surface area contributed by atoms with Crippen LogP contribution in [0.15, 0.2) is 53.4 Å². The molecule has 0 radical (unpaired) electrons. The van der Waals surface area contributed by atoms with Crippen molar-refractivity contribution in [3.8, 4) is 17.1 Å². The highest BCUT2D eigenvalue weighted by atomic mass is 79.9. The average molecular weight is 353 g/mol. The Morgan fingerprint density at radius 2 is 2.00 bits per heavy atom. The summed E-state index contributed by atoms with van der Waals surface area (Å²) in [7, 11) is 0. The first kappa shape index (κ1) is 13.3. The normalized spacial score (nSPS) is 10.8. The lowest BCUT2D eigenvalue weighted by Gasteiger charge is -2.08. The van der Waals surface area contributed by atoms with Crippen molar-refractivity contribution in [1.29, 1.82) is 0 Å². The van der Waals surface area contributed by atoms with Crippen molar-refractivity contribution in [2.45, 2.75) is 0 Å². The molecule has 6 heteroatoms. The number of halogens is 3. The minimum Gasteiger partial charge on any atom is -0.281 e. The fourth-order valence-corrected chi connectivity index (χ4v) is 2.38. The molecule has 3 nitrogen and oxygen atoms in total. The predicted octanol–water partition coefficient (Wildman–Crippen LogP) is 4.49. The molecule has 0 aliphatic rings. The molecule has 3 rings (SSSR count). The SMILES string of the molecule is Fc1cccc(-c2c(Cl)ncn2-c2ccc(Br)cn2)c1. The zero-order chi connectivity index (χ0) is 14.1. The number of imidazole rings is 1. The van der Waals surface area contributed by atoms with Crippen LogP contribution in [0, 0.1) is 5.82 Å². The Balaban J connectivity index is 2.17. The second-order valence-corrected chi connectivity index (χ2v) is 5.37. The Morgan fingerprint density at radius 1 is 1.15 bits per heavy atom. The number of pyridine rings is 1. The maximum absolute atomic E-state index is 13.4. The smallest absolute Gasteiger partial charge is 0.155 e. The molecule has 0 spiro atoms. The van der Waals surface area contributed by atoms with E-state index in [9.17, 15) is 4.39 Å². The van der Waals surface area contributed by atoms with Crippen molar-refractivity contribution in [3.05, 3.63) is 64.4 Å². The number of aromatic nitrogens is 3. The van der Waals surface area contributed by atoms with Gasteiger partial charge in [0.1, 0.15) is 18.0 Å². The van der Waals surface area contributed by atoms with E-state index in [2.05, 4.69) is 25.9 Å². The maximum Gasteiger partial charge on any atom is 0.155 e. The first-order chi connectivity index (χ1) is 9.65. The third-order valence-corrected chi connectivity index (χ3v) is 3.53. The summed E-state index contributed by atoms with van der Waals surface area (Å²) >= 11 is 9.45. The molecule has 20 heavy (non-hydrogen) atoms. The van der Waals surface area contributed by atoms with Gasteiger partial charge in [0.05, 0.1) is 5.69 Å². The zero-order valence-electron chi connectivity index (χ0n) is 10.1. The largest absolute Gasteiger partial charge is 0.281 e. The molecule has 0 fully saturated rings. The van der Waals surface area contributed by atoms with Gasteiger partial charge in [0.2, 0.25) is 0 Å². The Morgan fingerprint density at radius 3 is 2.70 bits per heavy atom. The van der Waals surface area contributed by atoms with Crippen molar-refractivity contribution >= 4 is 27.5 Å². The van der Waals surface area contributed by atoms with Crippen LogP contribution in [0.4, 0.5) is 4.39 Å². The van der Waals surface area contributed by atoms with Crippen LogP contribution in [0.25, 0.3) is 17.1 Å². The fourth-order valence-electron chi connectivity index (χ4n) is 1.90. The summed E-state index contributed by atoms with van der Waals surface area (Å²) in [4.78, 5) is 8.37. The fraction of sp³-hybridized carbons (Fsp3) is 0. The van der Waals surface area contributed by atoms with Crippen LogP contribution < -0.4 is 0 Å². The van der Waals surface area contributed by atoms with E-state index in [1.807, 2.05) is 12.1 Å². The maximum atomic E-state index is 13.4. The van der Waals surface area contributed by atoms with Crippen molar-refractivity contribution in [2.24, 2.45) is 0 Å². The van der Waals surface area contributed by atoms with Crippen molar-refractivity contribution in [2.75, 3.05) is 0 Å². The van der Waals surface area contributed by atoms with E-state index < -0.39 is 0 Å². The van der Waals surface area contributed by atoms with Gasteiger partial charge in [0.25, 0.3) is 0 Å². The summed E-state index contributed by atoms with van der Waals surface area (Å²) in [5, 5.41) is 0.306. The molecule has 0 aliphatic heterocycles. The van der Waals surface area contributed by atoms with Gasteiger partial charge >= 0.3 is 0 Å². The quantitative estimate of drug-likeness (QED) is 0.680. The highest BCUT2D eigenvalue weighted by Crippen LogP contribution is 2.29. The van der Waals surface area contributed by atoms with Gasteiger partial charge in [-0.3, -0.25) is 4.57 Å². The average Bonchev–Trinajstić information content (AvgIpc) is 2.81. The van der Waals surface area contributed by atoms with Gasteiger partial charge in [0.15, 0.2) is 5.15 Å². The zero-order valence-corrected chi connectivity index (χ0v) is 12.4. The Bertz CT molecular complexity index is 755. The molecule has 0 amide bonds. The van der Waals surface area contributed by atoms with Gasteiger partial charge < -0.3 is 0 Å². The Labute approximate surface area is 128 Å². The van der Waals surface area contributed by atoms with Crippen LogP contribution in [-0.4, -0.2) is 14.5 Å². The number of hydrogen-bond donors (Lipinski definition) is 0. The molecule has 1 aromatic carbocycles. The molecule has 0 N–H and O–H groups in total. The van der Waals surface area contributed by atoms with Gasteiger partial charge in [-0.05, 0) is 40.2 Å². The van der Waals surface area contributed by atoms with E-state index in [1.54, 1.807) is 29.2 Å². The standard InChI is InChI=1S/C14H8BrClFN3/c15-10-4-5-12(18-7-10)20-8-19-14(16)13(20)9-2-1-3-11(17)6-9/h1-8H. The van der Waals surface area contributed by atoms with E-state index in [-0.39, 0.29) is 5.82 Å². The third-order valence-electron chi connectivity index (χ3n) is 2.78. The highest BCUT2D eigenvalue weighted by molar-refractivity contribution is 9.10. The van der Waals surface area contributed by atoms with E-state index in [1.165, 1.54) is 12.1 Å². The minimum absolute atomic E-state index is 0.306. The van der Waals surface area contributed by atoms with Gasteiger partial charge in [0, 0.05) is 16.2 Å². The molecule has 2 heterocycles. The molecule has 0 unspecified atom stereocenters. The van der Waals surface area contributed by atoms with E-state index in [0.29, 0.717) is 22.2 Å². The number of hydrogen-bond acceptors (Lipinski definition) is 2. The summed E-state index contributed by atoms with van der Waals surface area (Å²) in [5.41, 5.74) is 1.26. The second kappa shape index (κ2) is 5.34. The first-order valence-corrected chi connectivity index (χ1v) is 6.93. The Kier molecular flexibility index (Phi) is 3.54. The van der Waals surface area contributed by atoms with Gasteiger partial charge in [-0.25, -0.2) is 14.4 Å². The van der Waals surface area contributed by atoms with Crippen LogP contribution in [-0.2, 0) is 0 Å². The molecular formula is C14H8BrClFN3. The highest BCUT2D eigenvalue weighted by Gasteiger charge is 2.14. The Hall–Kier alpha value is -1.72. The second-order valence-electron chi connectivity index (χ2n) is 4.10. The van der Waals surface area contributed by atoms with Gasteiger partial charge in [-0.2, -0.15) is 0 Å². The predicted molar refractivity (Wildman–Crippen MR) is 79.5 cm³/mol. The molecule has 3 aromatic rings. The number of rotatable bonds is 2. The van der Waals surface area contributed by atoms with Gasteiger partial charge in [-0.1, -0.05) is 23.7 Å². The summed E-state index contributed by atoms with van der Waals surface area (Å²) in [6.07, 6.45) is 3.25. The lowest BCUT2D eigenvalue weighted by molar-refractivity contribution is 0.628. The van der Waals surface area contributed by atoms with Crippen LogP contribution >= 0.6 is 27.5 Å². The lowest BCUT2D eigenvalue weighted by Crippen LogP contribution is -1.98. The van der Waals surface area contributed by atoms with E-state index in [0.717, 1.165) is 4.47 Å². The van der Waals surface area contributed by atoms with E-state index in [4.69, 9.17) is 11.6 Å². The molecule has 0 saturated carbocycles. The van der Waals surface area contributed by atoms with E-state index >= 15 is 0 Å². The summed E-state index contributed by atoms with van der Waals surface area (Å²) in [5.74, 6) is 0.335. The molecule has 0 aliphatic carbocycles. The molecule has 0 atom stereocenters. The van der Waals surface area contributed by atoms with Crippen molar-refractivity contribution in [1.82, 2.24) is 14.5 Å². The first-order valence-electron chi connectivity index (χ1n) is 5.76. The van der Waals surface area contributed by atoms with Gasteiger partial charge in [-0.15, -0.1) is 0 Å². The molecular weight excluding hydrogens is 345 g/mol. The summed E-state index contributed by atoms with van der Waals surface area (Å²) in [6, 6.07) is 9.90. The minimum atomic E-state index is -0.324. The van der Waals surface area contributed by atoms with Crippen molar-refractivity contribution in [3.63, 3.8) is 0 Å². The summed E-state index contributed by atoms with van der Waals surface area (Å²) < 4.78 is 16.0. The molecule has 0 saturated heterocycles. The van der Waals surface area contributed by atoms with Crippen LogP contribution in [0.5, 0.6) is 0 Å². The summed E-state index contributed by atoms with van der Waals surface area (Å²) in [6.45, 7) is 0. The van der Waals surface area contributed by atoms with Crippen LogP contribution in [0.2, 0.25) is 5.15 Å². The van der Waals surface area contributed by atoms with Crippen LogP contribution in [0.3, 0.4) is 0 Å². The number of nitrogens with zero attached hydrogens (tertiary/aromatic N) is 3. The lowest BCUT2D eigenvalue weighted by atomic mass is 10.1. The monoisotopic (exact) mass is 351 g/mol. The third kappa shape index (κ3) is 2.46. The number of benzene rings is 1. The van der Waals surface area contributed by atoms with Crippen molar-refractivity contribution < 1.29 is 4.39 Å². The molecule has 2 aromatic heterocycles. The molecule has 0 bridgehead atoms. The van der Waals surface area contributed by atoms with Crippen LogP contribution in [0.1, 0.15) is 0 Å².